The van der Waals surface area contributed by atoms with Crippen LogP contribution in [0.3, 0.4) is 0 Å². The van der Waals surface area contributed by atoms with E-state index >= 15 is 0 Å². The highest BCUT2D eigenvalue weighted by atomic mass is 16.4. The number of nitrogens with two attached hydrogens (primary N) is 1. The van der Waals surface area contributed by atoms with Crippen molar-refractivity contribution in [2.24, 2.45) is 11.7 Å². The van der Waals surface area contributed by atoms with Crippen LogP contribution in [0.2, 0.25) is 0 Å². The summed E-state index contributed by atoms with van der Waals surface area (Å²) in [6.07, 6.45) is 2.73. The maximum atomic E-state index is 11.9. The summed E-state index contributed by atoms with van der Waals surface area (Å²) in [7, 11) is 0. The summed E-state index contributed by atoms with van der Waals surface area (Å²) in [6.45, 7) is 0.680. The Balaban J connectivity index is 1.92. The highest BCUT2D eigenvalue weighted by molar-refractivity contribution is 5.87. The molecule has 1 saturated carbocycles. The van der Waals surface area contributed by atoms with E-state index in [1.165, 1.54) is 0 Å². The van der Waals surface area contributed by atoms with E-state index in [9.17, 15) is 14.4 Å². The van der Waals surface area contributed by atoms with Crippen molar-refractivity contribution in [1.29, 1.82) is 0 Å². The highest BCUT2D eigenvalue weighted by Crippen LogP contribution is 2.37. The number of amides is 3. The average molecular weight is 255 g/mol. The zero-order valence-electron chi connectivity index (χ0n) is 9.96. The third kappa shape index (κ3) is 2.55. The fraction of sp³-hybridized carbons (Fsp3) is 0.727. The number of nitrogens with zero attached hydrogens (tertiary/aromatic N) is 1. The first-order chi connectivity index (χ1) is 8.47. The van der Waals surface area contributed by atoms with E-state index in [2.05, 4.69) is 5.32 Å². The number of carbonyl (C=O) groups is 3. The fourth-order valence-corrected chi connectivity index (χ4v) is 2.81. The lowest BCUT2D eigenvalue weighted by Crippen LogP contribution is -2.51. The molecule has 18 heavy (non-hydrogen) atoms. The van der Waals surface area contributed by atoms with Crippen LogP contribution in [0.25, 0.3) is 0 Å². The van der Waals surface area contributed by atoms with Crippen LogP contribution in [0.1, 0.15) is 25.7 Å². The summed E-state index contributed by atoms with van der Waals surface area (Å²) in [4.78, 5) is 35.2. The third-order valence-corrected chi connectivity index (χ3v) is 3.67. The molecule has 2 bridgehead atoms. The first-order valence-corrected chi connectivity index (χ1v) is 6.05. The van der Waals surface area contributed by atoms with Gasteiger partial charge in [-0.2, -0.15) is 0 Å². The first kappa shape index (κ1) is 12.7. The van der Waals surface area contributed by atoms with Crippen LogP contribution < -0.4 is 11.1 Å². The molecule has 1 saturated heterocycles. The lowest BCUT2D eigenvalue weighted by molar-refractivity contribution is -0.141. The second-order valence-corrected chi connectivity index (χ2v) is 5.00. The van der Waals surface area contributed by atoms with E-state index in [1.807, 2.05) is 0 Å². The quantitative estimate of drug-likeness (QED) is 0.629. The zero-order valence-corrected chi connectivity index (χ0v) is 9.96. The third-order valence-electron chi connectivity index (χ3n) is 3.67. The number of nitrogens with one attached hydrogen (secondary N) is 1. The number of likely N-dealkylation sites (tertiary alicyclic amines) is 1. The molecule has 100 valence electrons. The molecule has 7 heteroatoms. The number of carboxylic acids is 1. The molecule has 0 aromatic rings. The number of rotatable bonds is 4. The Kier molecular flexibility index (Phi) is 3.40. The molecule has 3 atom stereocenters. The van der Waals surface area contributed by atoms with E-state index in [0.717, 1.165) is 19.3 Å². The molecule has 0 spiro atoms. The standard InChI is InChI=1S/C11H17N3O4/c12-9(15)4-8(10(16)17)13-11(18)14-5-6-1-2-7(14)3-6/h6-8H,1-5H2,(H2,12,15)(H,13,18)(H,16,17)/t6?,7?,8-/m0/s1. The molecule has 2 fully saturated rings. The van der Waals surface area contributed by atoms with Crippen molar-refractivity contribution in [2.45, 2.75) is 37.8 Å². The van der Waals surface area contributed by atoms with E-state index in [-0.39, 0.29) is 12.5 Å². The van der Waals surface area contributed by atoms with Crippen molar-refractivity contribution in [3.05, 3.63) is 0 Å². The van der Waals surface area contributed by atoms with Crippen molar-refractivity contribution < 1.29 is 19.5 Å². The van der Waals surface area contributed by atoms with E-state index in [4.69, 9.17) is 10.8 Å². The van der Waals surface area contributed by atoms with Gasteiger partial charge in [-0.05, 0) is 25.2 Å². The van der Waals surface area contributed by atoms with Crippen molar-refractivity contribution in [1.82, 2.24) is 10.2 Å². The number of hydrogen-bond acceptors (Lipinski definition) is 3. The topological polar surface area (TPSA) is 113 Å². The predicted octanol–water partition coefficient (Wildman–Crippen LogP) is -0.491. The van der Waals surface area contributed by atoms with Crippen LogP contribution in [0.4, 0.5) is 4.79 Å². The predicted molar refractivity (Wildman–Crippen MR) is 61.6 cm³/mol. The maximum absolute atomic E-state index is 11.9. The maximum Gasteiger partial charge on any atom is 0.326 e. The van der Waals surface area contributed by atoms with Crippen LogP contribution in [0.15, 0.2) is 0 Å². The number of urea groups is 1. The number of carboxylic acid groups (broad SMARTS) is 1. The highest BCUT2D eigenvalue weighted by Gasteiger charge is 2.41. The molecule has 7 nitrogen and oxygen atoms in total. The zero-order chi connectivity index (χ0) is 13.3. The van der Waals surface area contributed by atoms with Gasteiger partial charge < -0.3 is 21.1 Å². The van der Waals surface area contributed by atoms with Gasteiger partial charge in [0.05, 0.1) is 6.42 Å². The van der Waals surface area contributed by atoms with Gasteiger partial charge in [0.25, 0.3) is 0 Å². The fourth-order valence-electron chi connectivity index (χ4n) is 2.81. The summed E-state index contributed by atoms with van der Waals surface area (Å²) in [5, 5.41) is 11.3. The van der Waals surface area contributed by atoms with Gasteiger partial charge >= 0.3 is 12.0 Å². The van der Waals surface area contributed by atoms with Crippen molar-refractivity contribution in [2.75, 3.05) is 6.54 Å². The average Bonchev–Trinajstić information content (AvgIpc) is 2.88. The van der Waals surface area contributed by atoms with Crippen LogP contribution in [0, 0.1) is 5.92 Å². The molecule has 2 aliphatic rings. The minimum absolute atomic E-state index is 0.220. The second-order valence-electron chi connectivity index (χ2n) is 5.00. The molecule has 2 rings (SSSR count). The van der Waals surface area contributed by atoms with Crippen LogP contribution >= 0.6 is 0 Å². The smallest absolute Gasteiger partial charge is 0.326 e. The van der Waals surface area contributed by atoms with Gasteiger partial charge in [0.2, 0.25) is 5.91 Å². The lowest BCUT2D eigenvalue weighted by atomic mass is 10.1. The van der Waals surface area contributed by atoms with Gasteiger partial charge in [-0.3, -0.25) is 4.79 Å². The normalized spacial score (nSPS) is 27.0. The molecule has 1 aliphatic heterocycles. The van der Waals surface area contributed by atoms with Gasteiger partial charge in [0, 0.05) is 12.6 Å². The number of fused-ring (bicyclic) bond motifs is 2. The molecule has 1 aliphatic carbocycles. The van der Waals surface area contributed by atoms with Crippen LogP contribution in [0.5, 0.6) is 0 Å². The molecular weight excluding hydrogens is 238 g/mol. The number of aliphatic carboxylic acids is 1. The molecule has 4 N–H and O–H groups in total. The van der Waals surface area contributed by atoms with Gasteiger partial charge in [0.15, 0.2) is 0 Å². The molecule has 3 amide bonds. The van der Waals surface area contributed by atoms with Crippen molar-refractivity contribution in [3.8, 4) is 0 Å². The van der Waals surface area contributed by atoms with Crippen molar-refractivity contribution >= 4 is 17.9 Å². The number of hydrogen-bond donors (Lipinski definition) is 3. The lowest BCUT2D eigenvalue weighted by Gasteiger charge is -2.28. The van der Waals surface area contributed by atoms with E-state index in [0.29, 0.717) is 12.5 Å². The Morgan fingerprint density at radius 3 is 2.56 bits per heavy atom. The summed E-state index contributed by atoms with van der Waals surface area (Å²) in [5.74, 6) is -1.45. The van der Waals surface area contributed by atoms with Gasteiger partial charge in [-0.15, -0.1) is 0 Å². The van der Waals surface area contributed by atoms with E-state index in [1.54, 1.807) is 4.90 Å². The Labute approximate surface area is 104 Å². The second kappa shape index (κ2) is 4.83. The summed E-state index contributed by atoms with van der Waals surface area (Å²) >= 11 is 0. The summed E-state index contributed by atoms with van der Waals surface area (Å²) < 4.78 is 0. The van der Waals surface area contributed by atoms with Gasteiger partial charge in [-0.25, -0.2) is 9.59 Å². The Hall–Kier alpha value is -1.79. The molecule has 0 aromatic carbocycles. The van der Waals surface area contributed by atoms with E-state index < -0.39 is 23.9 Å². The minimum Gasteiger partial charge on any atom is -0.480 e. The summed E-state index contributed by atoms with van der Waals surface area (Å²) in [5.41, 5.74) is 4.95. The Bertz CT molecular complexity index is 384. The van der Waals surface area contributed by atoms with Crippen molar-refractivity contribution in [3.63, 3.8) is 0 Å². The molecule has 2 unspecified atom stereocenters. The number of primary amides is 1. The molecule has 0 radical (unpaired) electrons. The first-order valence-electron chi connectivity index (χ1n) is 6.05. The monoisotopic (exact) mass is 255 g/mol. The van der Waals surface area contributed by atoms with Gasteiger partial charge in [-0.1, -0.05) is 0 Å². The van der Waals surface area contributed by atoms with Crippen LogP contribution in [-0.2, 0) is 9.59 Å². The number of piperidine rings is 1. The number of carbonyl (C=O) groups excluding carboxylic acids is 2. The minimum atomic E-state index is -1.24. The molecular formula is C11H17N3O4. The molecule has 0 aromatic heterocycles. The Morgan fingerprint density at radius 2 is 2.11 bits per heavy atom. The van der Waals surface area contributed by atoms with Gasteiger partial charge in [0.1, 0.15) is 6.04 Å². The largest absolute Gasteiger partial charge is 0.480 e. The van der Waals surface area contributed by atoms with Crippen LogP contribution in [-0.4, -0.2) is 46.5 Å². The summed E-state index contributed by atoms with van der Waals surface area (Å²) in [6, 6.07) is -1.43. The SMILES string of the molecule is NC(=O)C[C@H](NC(=O)N1CC2CCC1C2)C(=O)O. The molecule has 1 heterocycles. The Morgan fingerprint density at radius 1 is 1.39 bits per heavy atom.